The average molecular weight is 695 g/mol. The van der Waals surface area contributed by atoms with Gasteiger partial charge in [-0.15, -0.1) is 6.58 Å². The number of sulfonamides is 1. The summed E-state index contributed by atoms with van der Waals surface area (Å²) in [7, 11) is -3.89. The predicted molar refractivity (Wildman–Crippen MR) is 179 cm³/mol. The van der Waals surface area contributed by atoms with Crippen molar-refractivity contribution in [2.24, 2.45) is 11.3 Å². The maximum Gasteiger partial charge on any atom is 0.407 e. The van der Waals surface area contributed by atoms with Crippen molar-refractivity contribution in [3.63, 3.8) is 0 Å². The first-order chi connectivity index (χ1) is 23.2. The Kier molecular flexibility index (Phi) is 9.15. The molecule has 49 heavy (non-hydrogen) atoms. The number of allylic oxidation sites excluding steroid dienone is 1. The lowest BCUT2D eigenvalue weighted by Crippen LogP contribution is -2.60. The van der Waals surface area contributed by atoms with E-state index in [2.05, 4.69) is 31.9 Å². The van der Waals surface area contributed by atoms with Crippen LogP contribution >= 0.6 is 0 Å². The van der Waals surface area contributed by atoms with Crippen molar-refractivity contribution < 1.29 is 37.1 Å². The van der Waals surface area contributed by atoms with Crippen LogP contribution in [0.4, 0.5) is 4.79 Å². The van der Waals surface area contributed by atoms with Gasteiger partial charge in [-0.1, -0.05) is 45.1 Å². The van der Waals surface area contributed by atoms with Gasteiger partial charge in [0.15, 0.2) is 0 Å². The summed E-state index contributed by atoms with van der Waals surface area (Å²) in [5.41, 5.74) is -0.798. The minimum Gasteiger partial charge on any atom is -0.472 e. The highest BCUT2D eigenvalue weighted by atomic mass is 32.2. The number of fused-ring (bicyclic) bond motifs is 3. The number of nitrogens with zero attached hydrogens (tertiary/aromatic N) is 3. The van der Waals surface area contributed by atoms with Gasteiger partial charge in [-0.25, -0.2) is 23.2 Å². The van der Waals surface area contributed by atoms with Crippen LogP contribution in [0.25, 0.3) is 17.0 Å². The van der Waals surface area contributed by atoms with Gasteiger partial charge in [0.2, 0.25) is 27.7 Å². The van der Waals surface area contributed by atoms with Crippen molar-refractivity contribution >= 4 is 50.8 Å². The first kappa shape index (κ1) is 34.3. The molecule has 1 saturated heterocycles. The number of hydrogen-bond donors (Lipinski definition) is 3. The van der Waals surface area contributed by atoms with Crippen LogP contribution in [0.3, 0.4) is 0 Å². The molecule has 3 N–H and O–H groups in total. The third-order valence-corrected chi connectivity index (χ3v) is 11.3. The first-order valence-corrected chi connectivity index (χ1v) is 18.1. The van der Waals surface area contributed by atoms with Gasteiger partial charge in [-0.3, -0.25) is 19.1 Å². The molecule has 4 amide bonds. The maximum atomic E-state index is 14.4. The Morgan fingerprint density at radius 3 is 2.65 bits per heavy atom. The molecule has 1 aromatic carbocycles. The molecule has 3 fully saturated rings. The van der Waals surface area contributed by atoms with Gasteiger partial charge in [0, 0.05) is 12.3 Å². The number of aromatic nitrogens is 2. The van der Waals surface area contributed by atoms with Crippen LogP contribution in [0.5, 0.6) is 5.88 Å². The van der Waals surface area contributed by atoms with Crippen LogP contribution in [0.1, 0.15) is 64.9 Å². The van der Waals surface area contributed by atoms with Crippen LogP contribution in [-0.2, 0) is 29.1 Å². The second-order valence-corrected chi connectivity index (χ2v) is 16.2. The van der Waals surface area contributed by atoms with Crippen LogP contribution in [0.2, 0.25) is 0 Å². The fourth-order valence-electron chi connectivity index (χ4n) is 6.36. The van der Waals surface area contributed by atoms with E-state index in [0.29, 0.717) is 36.6 Å². The van der Waals surface area contributed by atoms with Gasteiger partial charge in [-0.05, 0) is 55.2 Å². The third kappa shape index (κ3) is 7.26. The zero-order chi connectivity index (χ0) is 35.1. The molecule has 0 unspecified atom stereocenters. The van der Waals surface area contributed by atoms with Crippen LogP contribution in [0, 0.1) is 11.3 Å². The molecule has 4 bridgehead atoms. The predicted octanol–water partition coefficient (Wildman–Crippen LogP) is 2.60. The number of ether oxygens (including phenoxy) is 2. The van der Waals surface area contributed by atoms with E-state index in [-0.39, 0.29) is 31.9 Å². The standard InChI is InChI=1S/C34H42N6O8S/c1-5-21-17-34(21,31(43)39-49(45,46)23-11-12-23)38-28(41)26-16-22-18-40(26)30(42)27(33(2,3)4)37-32(44)47-14-8-6-7-9-20-10-13-25-24(15-20)29(48-22)36-19-35-25/h5,7,9-10,13,15,19,21-23,26-27H,1,6,8,11-12,14,16-18H2,2-4H3,(H,37,44)(H,38,41)(H,39,43)/b9-7+/t21-,22-,26+,27-,34-/m1/s1. The Morgan fingerprint density at radius 1 is 1.18 bits per heavy atom. The van der Waals surface area contributed by atoms with E-state index in [0.717, 1.165) is 5.56 Å². The molecular weight excluding hydrogens is 652 g/mol. The third-order valence-electron chi connectivity index (χ3n) is 9.43. The normalized spacial score (nSPS) is 28.3. The van der Waals surface area contributed by atoms with E-state index >= 15 is 0 Å². The summed E-state index contributed by atoms with van der Waals surface area (Å²) in [6.07, 6.45) is 7.63. The van der Waals surface area contributed by atoms with Crippen molar-refractivity contribution in [2.45, 2.75) is 88.3 Å². The molecule has 2 aromatic rings. The van der Waals surface area contributed by atoms with Crippen LogP contribution in [-0.4, -0.2) is 89.2 Å². The van der Waals surface area contributed by atoms with Gasteiger partial charge in [-0.2, -0.15) is 0 Å². The zero-order valence-corrected chi connectivity index (χ0v) is 28.6. The van der Waals surface area contributed by atoms with E-state index in [1.165, 1.54) is 17.3 Å². The Labute approximate surface area is 285 Å². The van der Waals surface area contributed by atoms with Crippen molar-refractivity contribution in [1.82, 2.24) is 30.2 Å². The highest BCUT2D eigenvalue weighted by molar-refractivity contribution is 7.91. The molecule has 5 atom stereocenters. The second kappa shape index (κ2) is 13.1. The maximum absolute atomic E-state index is 14.4. The lowest BCUT2D eigenvalue weighted by atomic mass is 9.85. The van der Waals surface area contributed by atoms with Crippen molar-refractivity contribution in [3.05, 3.63) is 48.8 Å². The number of rotatable bonds is 6. The van der Waals surface area contributed by atoms with E-state index in [1.807, 2.05) is 30.4 Å². The van der Waals surface area contributed by atoms with Crippen molar-refractivity contribution in [1.29, 1.82) is 0 Å². The van der Waals surface area contributed by atoms with Crippen molar-refractivity contribution in [2.75, 3.05) is 13.2 Å². The number of amides is 4. The Bertz CT molecular complexity index is 1820. The molecule has 0 radical (unpaired) electrons. The SMILES string of the molecule is C=C[C@@H]1C[C@]1(NC(=O)[C@@H]1C[C@@H]2CN1C(=O)[C@H](C(C)(C)C)NC(=O)OCCC/C=C/c1ccc3ncnc(c3c1)O2)C(=O)NS(=O)(=O)C1CC1. The number of cyclic esters (lactones) is 1. The number of carbonyl (C=O) groups excluding carboxylic acids is 4. The highest BCUT2D eigenvalue weighted by Crippen LogP contribution is 2.45. The largest absolute Gasteiger partial charge is 0.472 e. The van der Waals surface area contributed by atoms with Gasteiger partial charge in [0.05, 0.1) is 29.3 Å². The summed E-state index contributed by atoms with van der Waals surface area (Å²) < 4.78 is 39.2. The molecule has 4 aliphatic rings. The lowest BCUT2D eigenvalue weighted by Gasteiger charge is -2.35. The van der Waals surface area contributed by atoms with Gasteiger partial charge in [0.1, 0.15) is 30.1 Å². The minimum atomic E-state index is -3.89. The molecule has 14 nitrogen and oxygen atoms in total. The number of hydrogen-bond acceptors (Lipinski definition) is 10. The Morgan fingerprint density at radius 2 is 1.96 bits per heavy atom. The average Bonchev–Trinajstić information content (AvgIpc) is 3.97. The van der Waals surface area contributed by atoms with E-state index in [9.17, 15) is 27.6 Å². The van der Waals surface area contributed by atoms with E-state index in [4.69, 9.17) is 9.47 Å². The van der Waals surface area contributed by atoms with Crippen molar-refractivity contribution in [3.8, 4) is 5.88 Å². The molecule has 262 valence electrons. The van der Waals surface area contributed by atoms with Gasteiger partial charge < -0.3 is 25.0 Å². The number of benzene rings is 1. The Balaban J connectivity index is 1.33. The molecule has 15 heteroatoms. The molecule has 2 saturated carbocycles. The van der Waals surface area contributed by atoms with Crippen LogP contribution < -0.4 is 20.1 Å². The highest BCUT2D eigenvalue weighted by Gasteiger charge is 2.62. The fourth-order valence-corrected chi connectivity index (χ4v) is 7.72. The number of alkyl carbamates (subject to hydrolysis) is 1. The van der Waals surface area contributed by atoms with E-state index < -0.39 is 74.1 Å². The summed E-state index contributed by atoms with van der Waals surface area (Å²) in [6, 6.07) is 3.44. The summed E-state index contributed by atoms with van der Waals surface area (Å²) in [5.74, 6) is -2.28. The molecular formula is C34H42N6O8S. The molecule has 3 heterocycles. The van der Waals surface area contributed by atoms with E-state index in [1.54, 1.807) is 20.8 Å². The molecule has 6 rings (SSSR count). The topological polar surface area (TPSA) is 186 Å². The second-order valence-electron chi connectivity index (χ2n) is 14.2. The summed E-state index contributed by atoms with van der Waals surface area (Å²) >= 11 is 0. The van der Waals surface area contributed by atoms with Gasteiger partial charge in [0.25, 0.3) is 5.91 Å². The minimum absolute atomic E-state index is 0.0286. The monoisotopic (exact) mass is 694 g/mol. The number of nitrogens with one attached hydrogen (secondary N) is 3. The van der Waals surface area contributed by atoms with Gasteiger partial charge >= 0.3 is 6.09 Å². The molecule has 2 aliphatic carbocycles. The fraction of sp³-hybridized carbons (Fsp3) is 0.529. The zero-order valence-electron chi connectivity index (χ0n) is 27.8. The molecule has 2 aliphatic heterocycles. The molecule has 0 spiro atoms. The summed E-state index contributed by atoms with van der Waals surface area (Å²) in [5, 5.41) is 5.50. The quantitative estimate of drug-likeness (QED) is 0.380. The summed E-state index contributed by atoms with van der Waals surface area (Å²) in [4.78, 5) is 64.9. The smallest absolute Gasteiger partial charge is 0.407 e. The molecule has 1 aromatic heterocycles. The first-order valence-electron chi connectivity index (χ1n) is 16.5. The Hall–Kier alpha value is -4.53. The van der Waals surface area contributed by atoms with Crippen LogP contribution in [0.15, 0.2) is 43.3 Å². The summed E-state index contributed by atoms with van der Waals surface area (Å²) in [6.45, 7) is 9.21. The lowest BCUT2D eigenvalue weighted by molar-refractivity contribution is -0.142. The number of carbonyl (C=O) groups is 4.